The summed E-state index contributed by atoms with van der Waals surface area (Å²) in [4.78, 5) is 32.1. The Morgan fingerprint density at radius 1 is 1.15 bits per heavy atom. The number of carbonyl (C=O) groups excluding carboxylic acids is 2. The third-order valence-corrected chi connectivity index (χ3v) is 6.69. The molecule has 2 aliphatic rings. The second-order valence-electron chi connectivity index (χ2n) is 7.59. The minimum atomic E-state index is -1.17. The summed E-state index contributed by atoms with van der Waals surface area (Å²) in [5.74, 6) is -0.0699. The molecule has 11 heteroatoms. The molecule has 0 radical (unpaired) electrons. The number of amides is 2. The van der Waals surface area contributed by atoms with E-state index in [1.165, 1.54) is 0 Å². The van der Waals surface area contributed by atoms with Crippen LogP contribution in [0.15, 0.2) is 41.4 Å². The number of hydrogen-bond donors (Lipinski definition) is 2. The van der Waals surface area contributed by atoms with Crippen LogP contribution in [0.3, 0.4) is 0 Å². The topological polar surface area (TPSA) is 116 Å². The van der Waals surface area contributed by atoms with Gasteiger partial charge in [-0.3, -0.25) is 9.59 Å². The van der Waals surface area contributed by atoms with E-state index in [0.717, 1.165) is 17.0 Å². The van der Waals surface area contributed by atoms with E-state index in [9.17, 15) is 9.59 Å². The molecule has 2 amide bonds. The average molecular weight is 488 g/mol. The van der Waals surface area contributed by atoms with Crippen molar-refractivity contribution in [3.63, 3.8) is 0 Å². The Kier molecular flexibility index (Phi) is 7.25. The molecule has 0 aliphatic carbocycles. The summed E-state index contributed by atoms with van der Waals surface area (Å²) in [7, 11) is 0. The third kappa shape index (κ3) is 5.34. The number of amidine groups is 1. The maximum absolute atomic E-state index is 13.2. The van der Waals surface area contributed by atoms with Gasteiger partial charge in [-0.15, -0.1) is 11.3 Å². The van der Waals surface area contributed by atoms with Gasteiger partial charge in [-0.2, -0.15) is 10.3 Å². The van der Waals surface area contributed by atoms with Crippen molar-refractivity contribution in [2.75, 3.05) is 43.2 Å². The molecule has 0 saturated carbocycles. The van der Waals surface area contributed by atoms with Gasteiger partial charge in [0, 0.05) is 37.4 Å². The molecular formula is C22H22ClN5O4S. The van der Waals surface area contributed by atoms with E-state index in [4.69, 9.17) is 26.3 Å². The van der Waals surface area contributed by atoms with Gasteiger partial charge in [0.15, 0.2) is 0 Å². The first-order valence-corrected chi connectivity index (χ1v) is 11.6. The van der Waals surface area contributed by atoms with Gasteiger partial charge in [-0.1, -0.05) is 11.6 Å². The van der Waals surface area contributed by atoms with E-state index in [0.29, 0.717) is 59.9 Å². The predicted octanol–water partition coefficient (Wildman–Crippen LogP) is 3.04. The normalized spacial score (nSPS) is 21.9. The van der Waals surface area contributed by atoms with Gasteiger partial charge in [-0.25, -0.2) is 0 Å². The summed E-state index contributed by atoms with van der Waals surface area (Å²) in [6, 6.07) is 10.5. The zero-order valence-electron chi connectivity index (χ0n) is 17.7. The molecule has 1 aromatic carbocycles. The first-order chi connectivity index (χ1) is 16.0. The highest BCUT2D eigenvalue weighted by Gasteiger charge is 2.44. The van der Waals surface area contributed by atoms with E-state index in [2.05, 4.69) is 15.6 Å². The lowest BCUT2D eigenvalue weighted by molar-refractivity contribution is -0.122. The van der Waals surface area contributed by atoms with Gasteiger partial charge >= 0.3 is 0 Å². The Labute approximate surface area is 199 Å². The molecule has 172 valence electrons. The van der Waals surface area contributed by atoms with Crippen LogP contribution < -0.4 is 15.5 Å². The summed E-state index contributed by atoms with van der Waals surface area (Å²) in [6.07, 6.45) is 2.76. The molecule has 2 fully saturated rings. The molecular weight excluding hydrogens is 466 g/mol. The van der Waals surface area contributed by atoms with Gasteiger partial charge in [0.1, 0.15) is 11.4 Å². The number of anilines is 2. The third-order valence-electron chi connectivity index (χ3n) is 5.46. The largest absolute Gasteiger partial charge is 0.379 e. The van der Waals surface area contributed by atoms with Crippen molar-refractivity contribution in [1.29, 1.82) is 5.26 Å². The smallest absolute Gasteiger partial charge is 0.262 e. The molecule has 2 saturated heterocycles. The van der Waals surface area contributed by atoms with Crippen molar-refractivity contribution in [3.05, 3.63) is 45.6 Å². The minimum absolute atomic E-state index is 0.0868. The zero-order valence-corrected chi connectivity index (χ0v) is 19.2. The number of hydrogen-bond acceptors (Lipinski definition) is 7. The number of aliphatic imine (C=N–C) groups is 1. The monoisotopic (exact) mass is 487 g/mol. The van der Waals surface area contributed by atoms with Crippen molar-refractivity contribution in [2.45, 2.75) is 18.4 Å². The molecule has 0 bridgehead atoms. The molecule has 1 aromatic heterocycles. The molecule has 4 rings (SSSR count). The summed E-state index contributed by atoms with van der Waals surface area (Å²) in [6.45, 7) is 2.07. The highest BCUT2D eigenvalue weighted by atomic mass is 35.5. The number of nitrogens with zero attached hydrogens (tertiary/aromatic N) is 3. The van der Waals surface area contributed by atoms with Gasteiger partial charge in [0.05, 0.1) is 29.0 Å². The van der Waals surface area contributed by atoms with Crippen LogP contribution in [0.2, 0.25) is 4.34 Å². The van der Waals surface area contributed by atoms with E-state index in [-0.39, 0.29) is 18.4 Å². The SMILES string of the molecule is N#CN=C1CCOCCN1c1ccc(NC(=O)[C@]2(NC(=O)c3ccc(Cl)s3)CCOC2)cc1. The van der Waals surface area contributed by atoms with Crippen LogP contribution >= 0.6 is 22.9 Å². The fraction of sp³-hybridized carbons (Fsp3) is 0.364. The van der Waals surface area contributed by atoms with Crippen LogP contribution in [0.1, 0.15) is 22.5 Å². The highest BCUT2D eigenvalue weighted by molar-refractivity contribution is 7.18. The fourth-order valence-corrected chi connectivity index (χ4v) is 4.67. The molecule has 2 N–H and O–H groups in total. The second-order valence-corrected chi connectivity index (χ2v) is 9.30. The molecule has 2 aliphatic heterocycles. The molecule has 2 aromatic rings. The molecule has 0 unspecified atom stereocenters. The molecule has 1 atom stereocenters. The summed E-state index contributed by atoms with van der Waals surface area (Å²) < 4.78 is 11.4. The molecule has 0 spiro atoms. The van der Waals surface area contributed by atoms with E-state index in [1.807, 2.05) is 23.2 Å². The Morgan fingerprint density at radius 3 is 2.64 bits per heavy atom. The Hall–Kier alpha value is -2.97. The number of ether oxygens (including phenoxy) is 2. The van der Waals surface area contributed by atoms with Crippen LogP contribution in [0.25, 0.3) is 0 Å². The van der Waals surface area contributed by atoms with Crippen LogP contribution in [-0.4, -0.2) is 56.2 Å². The van der Waals surface area contributed by atoms with Gasteiger partial charge in [-0.05, 0) is 36.4 Å². The van der Waals surface area contributed by atoms with Crippen LogP contribution in [-0.2, 0) is 14.3 Å². The average Bonchev–Trinajstić information content (AvgIpc) is 3.40. The number of halogens is 1. The number of benzene rings is 1. The van der Waals surface area contributed by atoms with Crippen molar-refractivity contribution < 1.29 is 19.1 Å². The lowest BCUT2D eigenvalue weighted by atomic mass is 9.97. The van der Waals surface area contributed by atoms with Crippen LogP contribution in [0.5, 0.6) is 0 Å². The van der Waals surface area contributed by atoms with Crippen LogP contribution in [0, 0.1) is 11.5 Å². The lowest BCUT2D eigenvalue weighted by Gasteiger charge is -2.27. The van der Waals surface area contributed by atoms with E-state index < -0.39 is 5.54 Å². The highest BCUT2D eigenvalue weighted by Crippen LogP contribution is 2.26. The van der Waals surface area contributed by atoms with Gasteiger partial charge < -0.3 is 25.0 Å². The maximum Gasteiger partial charge on any atom is 0.262 e. The summed E-state index contributed by atoms with van der Waals surface area (Å²) in [5, 5.41) is 14.7. The number of rotatable bonds is 5. The zero-order chi connectivity index (χ0) is 23.3. The Morgan fingerprint density at radius 2 is 1.97 bits per heavy atom. The quantitative estimate of drug-likeness (QED) is 0.626. The van der Waals surface area contributed by atoms with Crippen LogP contribution in [0.4, 0.5) is 11.4 Å². The second kappa shape index (κ2) is 10.3. The number of thiophene rings is 1. The number of nitriles is 1. The maximum atomic E-state index is 13.2. The summed E-state index contributed by atoms with van der Waals surface area (Å²) in [5.41, 5.74) is 0.253. The van der Waals surface area contributed by atoms with E-state index >= 15 is 0 Å². The molecule has 9 nitrogen and oxygen atoms in total. The first kappa shape index (κ1) is 23.2. The minimum Gasteiger partial charge on any atom is -0.379 e. The standard InChI is InChI=1S/C22H22ClN5O4S/c23-18-6-5-17(33-18)20(29)27-22(8-11-32-13-22)21(30)26-15-1-3-16(4-2-15)28-9-12-31-10-7-19(28)25-14-24/h1-6H,7-13H2,(H,26,30)(H,27,29)/t22-/m0/s1. The van der Waals surface area contributed by atoms with Gasteiger partial charge in [0.25, 0.3) is 11.8 Å². The summed E-state index contributed by atoms with van der Waals surface area (Å²) >= 11 is 7.08. The van der Waals surface area contributed by atoms with E-state index in [1.54, 1.807) is 24.3 Å². The number of nitrogens with one attached hydrogen (secondary N) is 2. The fourth-order valence-electron chi connectivity index (χ4n) is 3.73. The predicted molar refractivity (Wildman–Crippen MR) is 126 cm³/mol. The van der Waals surface area contributed by atoms with Crippen molar-refractivity contribution in [2.24, 2.45) is 4.99 Å². The Balaban J connectivity index is 1.47. The molecule has 3 heterocycles. The van der Waals surface area contributed by atoms with Crippen molar-refractivity contribution in [1.82, 2.24) is 5.32 Å². The lowest BCUT2D eigenvalue weighted by Crippen LogP contribution is -2.57. The molecule has 33 heavy (non-hydrogen) atoms. The first-order valence-electron chi connectivity index (χ1n) is 10.4. The van der Waals surface area contributed by atoms with Gasteiger partial charge in [0.2, 0.25) is 6.19 Å². The van der Waals surface area contributed by atoms with Crippen molar-refractivity contribution >= 4 is 52.0 Å². The Bertz CT molecular complexity index is 1090. The number of carbonyl (C=O) groups is 2. The van der Waals surface area contributed by atoms with Crippen molar-refractivity contribution in [3.8, 4) is 6.19 Å².